The first-order chi connectivity index (χ1) is 17.8. The molecular weight excluding hydrogens is 531 g/mol. The van der Waals surface area contributed by atoms with Crippen LogP contribution in [-0.2, 0) is 16.6 Å². The number of fused-ring (bicyclic) bond motifs is 1. The molecule has 1 fully saturated rings. The highest BCUT2D eigenvalue weighted by Crippen LogP contribution is 2.24. The summed E-state index contributed by atoms with van der Waals surface area (Å²) >= 11 is 12.1. The zero-order chi connectivity index (χ0) is 26.0. The van der Waals surface area contributed by atoms with Crippen molar-refractivity contribution in [2.75, 3.05) is 30.9 Å². The number of rotatable bonds is 6. The predicted molar refractivity (Wildman–Crippen MR) is 144 cm³/mol. The van der Waals surface area contributed by atoms with E-state index in [9.17, 15) is 13.2 Å². The fourth-order valence-corrected chi connectivity index (χ4v) is 5.72. The highest BCUT2D eigenvalue weighted by molar-refractivity contribution is 7.93. The van der Waals surface area contributed by atoms with Crippen LogP contribution in [-0.4, -0.2) is 55.3 Å². The molecule has 1 N–H and O–H groups in total. The van der Waals surface area contributed by atoms with Crippen LogP contribution in [0.4, 0.5) is 5.69 Å². The van der Waals surface area contributed by atoms with E-state index in [0.29, 0.717) is 45.3 Å². The highest BCUT2D eigenvalue weighted by Gasteiger charge is 2.23. The lowest BCUT2D eigenvalue weighted by atomic mass is 10.1. The summed E-state index contributed by atoms with van der Waals surface area (Å²) < 4.78 is 28.5. The summed E-state index contributed by atoms with van der Waals surface area (Å²) in [5, 5.41) is 1.71. The molecule has 0 bridgehead atoms. The second-order valence-corrected chi connectivity index (χ2v) is 11.1. The number of benzene rings is 2. The molecule has 0 spiro atoms. The largest absolute Gasteiger partial charge is 0.336 e. The average molecular weight is 553 g/mol. The van der Waals surface area contributed by atoms with Crippen molar-refractivity contribution < 1.29 is 13.2 Å². The summed E-state index contributed by atoms with van der Waals surface area (Å²) in [7, 11) is -3.95. The summed E-state index contributed by atoms with van der Waals surface area (Å²) in [5.74, 6) is -0.0928. The Morgan fingerprint density at radius 2 is 1.76 bits per heavy atom. The number of amides is 1. The molecule has 0 atom stereocenters. The number of nitrogens with zero attached hydrogens (tertiary/aromatic N) is 3. The van der Waals surface area contributed by atoms with Gasteiger partial charge >= 0.3 is 0 Å². The smallest absolute Gasteiger partial charge is 0.272 e. The third-order valence-electron chi connectivity index (χ3n) is 6.17. The fourth-order valence-electron chi connectivity index (χ4n) is 4.23. The first kappa shape index (κ1) is 25.3. The molecule has 5 rings (SSSR count). The number of anilines is 1. The molecule has 4 aromatic rings. The second kappa shape index (κ2) is 10.6. The Balaban J connectivity index is 1.21. The van der Waals surface area contributed by atoms with E-state index < -0.39 is 10.0 Å². The molecule has 0 saturated carbocycles. The van der Waals surface area contributed by atoms with Gasteiger partial charge in [0, 0.05) is 55.6 Å². The van der Waals surface area contributed by atoms with Crippen molar-refractivity contribution >= 4 is 55.7 Å². The van der Waals surface area contributed by atoms with E-state index in [1.165, 1.54) is 6.20 Å². The number of carbonyl (C=O) groups excluding carboxylic acids is 1. The van der Waals surface area contributed by atoms with Gasteiger partial charge in [-0.05, 0) is 60.2 Å². The summed E-state index contributed by atoms with van der Waals surface area (Å²) in [6.07, 6.45) is 1.53. The molecule has 7 nitrogen and oxygen atoms in total. The Kier molecular flexibility index (Phi) is 7.22. The normalized spacial score (nSPS) is 14.4. The fraction of sp³-hybridized carbons (Fsp3) is 0.185. The number of carbonyl (C=O) groups is 1. The highest BCUT2D eigenvalue weighted by atomic mass is 35.5. The minimum atomic E-state index is -3.95. The molecule has 188 valence electrons. The maximum absolute atomic E-state index is 13.0. The number of hydrogen-bond donors (Lipinski definition) is 1. The zero-order valence-corrected chi connectivity index (χ0v) is 21.9. The van der Waals surface area contributed by atoms with Crippen LogP contribution in [0.25, 0.3) is 10.9 Å². The molecule has 0 unspecified atom stereocenters. The third-order valence-corrected chi connectivity index (χ3v) is 8.25. The first-order valence-electron chi connectivity index (χ1n) is 11.6. The van der Waals surface area contributed by atoms with Crippen LogP contribution in [0.5, 0.6) is 0 Å². The molecule has 1 aromatic heterocycles. The second-order valence-electron chi connectivity index (χ2n) is 8.68. The van der Waals surface area contributed by atoms with E-state index in [4.69, 9.17) is 23.2 Å². The Hall–Kier alpha value is -3.35. The zero-order valence-electron chi connectivity index (χ0n) is 19.6. The molecule has 1 aliphatic rings. The Morgan fingerprint density at radius 3 is 2.49 bits per heavy atom. The first-order valence-corrected chi connectivity index (χ1v) is 13.8. The number of sulfonamides is 1. The van der Waals surface area contributed by atoms with Gasteiger partial charge in [0.25, 0.3) is 15.9 Å². The van der Waals surface area contributed by atoms with Crippen LogP contribution in [0, 0.1) is 12.1 Å². The van der Waals surface area contributed by atoms with E-state index in [1.54, 1.807) is 53.4 Å². The molecule has 10 heteroatoms. The summed E-state index contributed by atoms with van der Waals surface area (Å²) in [6, 6.07) is 22.5. The van der Waals surface area contributed by atoms with Gasteiger partial charge in [0.2, 0.25) is 0 Å². The minimum Gasteiger partial charge on any atom is -0.336 e. The minimum absolute atomic E-state index is 0.0792. The van der Waals surface area contributed by atoms with Crippen LogP contribution in [0.3, 0.4) is 0 Å². The lowest BCUT2D eigenvalue weighted by Crippen LogP contribution is -2.48. The van der Waals surface area contributed by atoms with Gasteiger partial charge in [-0.3, -0.25) is 19.4 Å². The number of nitrogens with one attached hydrogen (secondary N) is 1. The SMILES string of the molecule is O=C(c1ccc(NS(=O)(=O)c2c#ccc3cccnc23)cc1)N1CCN(Cc2ccc(Cl)c(Cl)c2)CC1. The summed E-state index contributed by atoms with van der Waals surface area (Å²) in [5.41, 5.74) is 2.22. The van der Waals surface area contributed by atoms with Gasteiger partial charge in [-0.25, -0.2) is 8.42 Å². The lowest BCUT2D eigenvalue weighted by molar-refractivity contribution is 0.0628. The molecule has 3 aromatic carbocycles. The maximum atomic E-state index is 13.0. The molecule has 1 saturated heterocycles. The quantitative estimate of drug-likeness (QED) is 0.367. The molecule has 2 heterocycles. The number of aromatic nitrogens is 1. The molecular formula is C27H22Cl2N4O3S. The van der Waals surface area contributed by atoms with Crippen molar-refractivity contribution in [3.8, 4) is 0 Å². The Bertz CT molecular complexity index is 1550. The lowest BCUT2D eigenvalue weighted by Gasteiger charge is -2.34. The number of piperazine rings is 1. The summed E-state index contributed by atoms with van der Waals surface area (Å²) in [4.78, 5) is 21.2. The van der Waals surface area contributed by atoms with Gasteiger partial charge in [-0.15, -0.1) is 0 Å². The van der Waals surface area contributed by atoms with E-state index in [0.717, 1.165) is 25.2 Å². The van der Waals surface area contributed by atoms with Gasteiger partial charge in [-0.1, -0.05) is 41.4 Å². The van der Waals surface area contributed by atoms with Crippen molar-refractivity contribution in [3.63, 3.8) is 0 Å². The van der Waals surface area contributed by atoms with E-state index in [1.807, 2.05) is 12.1 Å². The Morgan fingerprint density at radius 1 is 1.00 bits per heavy atom. The van der Waals surface area contributed by atoms with Crippen molar-refractivity contribution in [2.24, 2.45) is 0 Å². The van der Waals surface area contributed by atoms with Crippen molar-refractivity contribution in [1.29, 1.82) is 0 Å². The van der Waals surface area contributed by atoms with Gasteiger partial charge in [0.05, 0.1) is 15.6 Å². The number of hydrogen-bond acceptors (Lipinski definition) is 5. The number of halogens is 2. The van der Waals surface area contributed by atoms with Crippen LogP contribution >= 0.6 is 23.2 Å². The Labute approximate surface area is 225 Å². The van der Waals surface area contributed by atoms with Gasteiger partial charge < -0.3 is 4.90 Å². The van der Waals surface area contributed by atoms with Gasteiger partial charge in [0.15, 0.2) is 4.90 Å². The molecule has 1 aliphatic heterocycles. The van der Waals surface area contributed by atoms with E-state index in [-0.39, 0.29) is 10.8 Å². The van der Waals surface area contributed by atoms with Gasteiger partial charge in [-0.2, -0.15) is 0 Å². The summed E-state index contributed by atoms with van der Waals surface area (Å²) in [6.45, 7) is 3.38. The van der Waals surface area contributed by atoms with Gasteiger partial charge in [0.1, 0.15) is 0 Å². The van der Waals surface area contributed by atoms with Crippen molar-refractivity contribution in [1.82, 2.24) is 14.8 Å². The van der Waals surface area contributed by atoms with E-state index >= 15 is 0 Å². The molecule has 1 amide bonds. The van der Waals surface area contributed by atoms with Crippen molar-refractivity contribution in [2.45, 2.75) is 11.4 Å². The average Bonchev–Trinajstić information content (AvgIpc) is 2.91. The molecule has 37 heavy (non-hydrogen) atoms. The standard InChI is InChI=1S/C27H22Cl2N4O3S/c28-23-11-6-19(17-24(23)29)18-32-13-15-33(16-14-32)27(34)21-7-9-22(10-8-21)31-37(35,36)25-5-1-3-20-4-2-12-30-26(20)25/h2-4,6-12,17,31H,13-16,18H2. The molecule has 0 aliphatic carbocycles. The third kappa shape index (κ3) is 5.65. The topological polar surface area (TPSA) is 82.6 Å². The predicted octanol–water partition coefficient (Wildman–Crippen LogP) is 4.90. The van der Waals surface area contributed by atoms with E-state index in [2.05, 4.69) is 26.7 Å². The van der Waals surface area contributed by atoms with Crippen LogP contribution in [0.15, 0.2) is 71.8 Å². The van der Waals surface area contributed by atoms with Crippen LogP contribution in [0.2, 0.25) is 10.0 Å². The monoisotopic (exact) mass is 552 g/mol. The number of pyridine rings is 1. The van der Waals surface area contributed by atoms with Crippen molar-refractivity contribution in [3.05, 3.63) is 100 Å². The van der Waals surface area contributed by atoms with Crippen LogP contribution < -0.4 is 4.72 Å². The van der Waals surface area contributed by atoms with Crippen LogP contribution in [0.1, 0.15) is 15.9 Å². The maximum Gasteiger partial charge on any atom is 0.272 e. The molecule has 0 radical (unpaired) electrons.